The van der Waals surface area contributed by atoms with Crippen molar-refractivity contribution < 1.29 is 14.7 Å². The lowest BCUT2D eigenvalue weighted by Gasteiger charge is -2.05. The molecule has 18 heavy (non-hydrogen) atoms. The van der Waals surface area contributed by atoms with Gasteiger partial charge in [-0.3, -0.25) is 14.3 Å². The number of aromatic nitrogens is 2. The Bertz CT molecular complexity index is 401. The second-order valence-corrected chi connectivity index (χ2v) is 4.15. The molecule has 0 fully saturated rings. The number of aliphatic carboxylic acids is 1. The standard InChI is InChI=1S/C12H19N3O3/c1-15-10(7-9-14-15)12(18)13-8-5-3-2-4-6-11(16)17/h7,9H,2-6,8H2,1H3,(H,13,18)(H,16,17). The Kier molecular flexibility index (Phi) is 5.90. The lowest BCUT2D eigenvalue weighted by atomic mass is 10.1. The monoisotopic (exact) mass is 253 g/mol. The van der Waals surface area contributed by atoms with Crippen molar-refractivity contribution in [3.05, 3.63) is 18.0 Å². The predicted octanol–water partition coefficient (Wildman–Crippen LogP) is 1.18. The van der Waals surface area contributed by atoms with Gasteiger partial charge in [0.2, 0.25) is 0 Å². The summed E-state index contributed by atoms with van der Waals surface area (Å²) in [6.07, 6.45) is 5.18. The van der Waals surface area contributed by atoms with Gasteiger partial charge in [0.25, 0.3) is 5.91 Å². The van der Waals surface area contributed by atoms with Gasteiger partial charge in [-0.15, -0.1) is 0 Å². The minimum atomic E-state index is -0.750. The zero-order valence-electron chi connectivity index (χ0n) is 10.6. The molecule has 0 aliphatic heterocycles. The summed E-state index contributed by atoms with van der Waals surface area (Å²) in [4.78, 5) is 21.9. The average molecular weight is 253 g/mol. The molecule has 0 unspecified atom stereocenters. The Morgan fingerprint density at radius 2 is 2.06 bits per heavy atom. The van der Waals surface area contributed by atoms with E-state index in [0.29, 0.717) is 18.7 Å². The fourth-order valence-electron chi connectivity index (χ4n) is 1.64. The summed E-state index contributed by atoms with van der Waals surface area (Å²) in [5.74, 6) is -0.875. The molecule has 0 saturated carbocycles. The van der Waals surface area contributed by atoms with Gasteiger partial charge < -0.3 is 10.4 Å². The number of carbonyl (C=O) groups excluding carboxylic acids is 1. The Hall–Kier alpha value is -1.85. The minimum absolute atomic E-state index is 0.125. The first-order valence-electron chi connectivity index (χ1n) is 6.09. The summed E-state index contributed by atoms with van der Waals surface area (Å²) >= 11 is 0. The highest BCUT2D eigenvalue weighted by Crippen LogP contribution is 2.02. The minimum Gasteiger partial charge on any atom is -0.481 e. The highest BCUT2D eigenvalue weighted by molar-refractivity contribution is 5.92. The van der Waals surface area contributed by atoms with Gasteiger partial charge in [-0.25, -0.2) is 0 Å². The van der Waals surface area contributed by atoms with Crippen molar-refractivity contribution in [3.8, 4) is 0 Å². The molecular weight excluding hydrogens is 234 g/mol. The number of carbonyl (C=O) groups is 2. The lowest BCUT2D eigenvalue weighted by molar-refractivity contribution is -0.137. The fraction of sp³-hybridized carbons (Fsp3) is 0.583. The van der Waals surface area contributed by atoms with E-state index in [0.717, 1.165) is 19.3 Å². The van der Waals surface area contributed by atoms with Crippen LogP contribution in [0.4, 0.5) is 0 Å². The van der Waals surface area contributed by atoms with Crippen LogP contribution in [0.25, 0.3) is 0 Å². The molecule has 0 aliphatic rings. The zero-order chi connectivity index (χ0) is 13.4. The molecule has 100 valence electrons. The molecule has 0 atom stereocenters. The number of unbranched alkanes of at least 4 members (excludes halogenated alkanes) is 3. The normalized spacial score (nSPS) is 10.3. The summed E-state index contributed by atoms with van der Waals surface area (Å²) in [5.41, 5.74) is 0.542. The van der Waals surface area contributed by atoms with Gasteiger partial charge in [-0.1, -0.05) is 12.8 Å². The van der Waals surface area contributed by atoms with E-state index >= 15 is 0 Å². The van der Waals surface area contributed by atoms with Gasteiger partial charge in [-0.2, -0.15) is 5.10 Å². The lowest BCUT2D eigenvalue weighted by Crippen LogP contribution is -2.26. The first-order chi connectivity index (χ1) is 8.61. The molecule has 1 rings (SSSR count). The largest absolute Gasteiger partial charge is 0.481 e. The quantitative estimate of drug-likeness (QED) is 0.681. The third-order valence-electron chi connectivity index (χ3n) is 2.66. The predicted molar refractivity (Wildman–Crippen MR) is 66.3 cm³/mol. The molecule has 0 aliphatic carbocycles. The molecule has 1 heterocycles. The number of carboxylic acid groups (broad SMARTS) is 1. The first kappa shape index (κ1) is 14.2. The molecule has 1 amide bonds. The topological polar surface area (TPSA) is 84.2 Å². The molecule has 0 aromatic carbocycles. The molecule has 0 spiro atoms. The summed E-state index contributed by atoms with van der Waals surface area (Å²) in [5, 5.41) is 15.2. The van der Waals surface area contributed by atoms with Crippen LogP contribution in [0.3, 0.4) is 0 Å². The van der Waals surface area contributed by atoms with Gasteiger partial charge in [0.1, 0.15) is 5.69 Å². The SMILES string of the molecule is Cn1nccc1C(=O)NCCCCCCC(=O)O. The second-order valence-electron chi connectivity index (χ2n) is 4.15. The summed E-state index contributed by atoms with van der Waals surface area (Å²) in [6, 6.07) is 1.67. The number of hydrogen-bond acceptors (Lipinski definition) is 3. The van der Waals surface area contributed by atoms with Crippen LogP contribution in [0.15, 0.2) is 12.3 Å². The van der Waals surface area contributed by atoms with Crippen LogP contribution in [-0.4, -0.2) is 33.3 Å². The summed E-state index contributed by atoms with van der Waals surface area (Å²) in [6.45, 7) is 0.608. The fourth-order valence-corrected chi connectivity index (χ4v) is 1.64. The highest BCUT2D eigenvalue weighted by atomic mass is 16.4. The van der Waals surface area contributed by atoms with Crippen molar-refractivity contribution >= 4 is 11.9 Å². The van der Waals surface area contributed by atoms with E-state index in [-0.39, 0.29) is 12.3 Å². The van der Waals surface area contributed by atoms with Gasteiger partial charge in [0, 0.05) is 26.2 Å². The van der Waals surface area contributed by atoms with Crippen LogP contribution in [-0.2, 0) is 11.8 Å². The molecule has 1 aromatic heterocycles. The molecule has 0 bridgehead atoms. The van der Waals surface area contributed by atoms with E-state index in [1.165, 1.54) is 4.68 Å². The molecule has 1 aromatic rings. The van der Waals surface area contributed by atoms with Crippen LogP contribution in [0, 0.1) is 0 Å². The number of carboxylic acids is 1. The Labute approximate surface area is 106 Å². The summed E-state index contributed by atoms with van der Waals surface area (Å²) in [7, 11) is 1.72. The number of aryl methyl sites for hydroxylation is 1. The zero-order valence-corrected chi connectivity index (χ0v) is 10.6. The van der Waals surface area contributed by atoms with Crippen molar-refractivity contribution in [3.63, 3.8) is 0 Å². The third kappa shape index (κ3) is 4.99. The van der Waals surface area contributed by atoms with Crippen LogP contribution in [0.5, 0.6) is 0 Å². The van der Waals surface area contributed by atoms with Gasteiger partial charge in [-0.05, 0) is 18.9 Å². The number of nitrogens with zero attached hydrogens (tertiary/aromatic N) is 2. The number of amides is 1. The molecule has 2 N–H and O–H groups in total. The number of nitrogens with one attached hydrogen (secondary N) is 1. The van der Waals surface area contributed by atoms with Crippen LogP contribution < -0.4 is 5.32 Å². The van der Waals surface area contributed by atoms with Crippen molar-refractivity contribution in [2.75, 3.05) is 6.54 Å². The van der Waals surface area contributed by atoms with Gasteiger partial charge in [0.05, 0.1) is 0 Å². The molecule has 6 heteroatoms. The smallest absolute Gasteiger partial charge is 0.303 e. The van der Waals surface area contributed by atoms with Crippen LogP contribution >= 0.6 is 0 Å². The first-order valence-corrected chi connectivity index (χ1v) is 6.09. The maximum atomic E-state index is 11.7. The maximum Gasteiger partial charge on any atom is 0.303 e. The highest BCUT2D eigenvalue weighted by Gasteiger charge is 2.08. The van der Waals surface area contributed by atoms with E-state index in [1.54, 1.807) is 19.3 Å². The van der Waals surface area contributed by atoms with Gasteiger partial charge in [0.15, 0.2) is 0 Å². The van der Waals surface area contributed by atoms with E-state index in [2.05, 4.69) is 10.4 Å². The Morgan fingerprint density at radius 3 is 2.67 bits per heavy atom. The van der Waals surface area contributed by atoms with E-state index in [9.17, 15) is 9.59 Å². The molecule has 6 nitrogen and oxygen atoms in total. The van der Waals surface area contributed by atoms with Crippen molar-refractivity contribution in [1.29, 1.82) is 0 Å². The molecule has 0 radical (unpaired) electrons. The Morgan fingerprint density at radius 1 is 1.33 bits per heavy atom. The van der Waals surface area contributed by atoms with Gasteiger partial charge >= 0.3 is 5.97 Å². The average Bonchev–Trinajstić information content (AvgIpc) is 2.73. The van der Waals surface area contributed by atoms with E-state index < -0.39 is 5.97 Å². The van der Waals surface area contributed by atoms with Crippen LogP contribution in [0.1, 0.15) is 42.6 Å². The van der Waals surface area contributed by atoms with Crippen molar-refractivity contribution in [1.82, 2.24) is 15.1 Å². The molecule has 0 saturated heterocycles. The molecular formula is C12H19N3O3. The number of hydrogen-bond donors (Lipinski definition) is 2. The third-order valence-corrected chi connectivity index (χ3v) is 2.66. The second kappa shape index (κ2) is 7.47. The van der Waals surface area contributed by atoms with Crippen molar-refractivity contribution in [2.24, 2.45) is 7.05 Å². The van der Waals surface area contributed by atoms with Crippen LogP contribution in [0.2, 0.25) is 0 Å². The van der Waals surface area contributed by atoms with E-state index in [1.807, 2.05) is 0 Å². The number of rotatable bonds is 8. The maximum absolute atomic E-state index is 11.7. The van der Waals surface area contributed by atoms with Crippen molar-refractivity contribution in [2.45, 2.75) is 32.1 Å². The summed E-state index contributed by atoms with van der Waals surface area (Å²) < 4.78 is 1.53. The Balaban J connectivity index is 2.06. The van der Waals surface area contributed by atoms with E-state index in [4.69, 9.17) is 5.11 Å².